The van der Waals surface area contributed by atoms with Crippen LogP contribution in [0.15, 0.2) is 0 Å². The zero-order valence-corrected chi connectivity index (χ0v) is 14.0. The summed E-state index contributed by atoms with van der Waals surface area (Å²) in [7, 11) is 0. The second kappa shape index (κ2) is 5.00. The maximum absolute atomic E-state index is 12.7. The van der Waals surface area contributed by atoms with Gasteiger partial charge in [-0.05, 0) is 20.8 Å². The minimum absolute atomic E-state index is 0.0115. The number of carbonyl (C=O) groups is 2. The molecule has 0 unspecified atom stereocenters. The third-order valence-corrected chi connectivity index (χ3v) is 5.21. The van der Waals surface area contributed by atoms with Gasteiger partial charge in [0.1, 0.15) is 5.60 Å². The molecule has 0 aromatic heterocycles. The molecule has 3 saturated heterocycles. The summed E-state index contributed by atoms with van der Waals surface area (Å²) in [5.41, 5.74) is -1.70. The highest BCUT2D eigenvalue weighted by molar-refractivity contribution is 5.82. The number of halogens is 3. The van der Waals surface area contributed by atoms with Crippen LogP contribution in [-0.4, -0.2) is 72.8 Å². The number of hydrogen-bond acceptors (Lipinski definition) is 4. The molecule has 2 amide bonds. The Balaban J connectivity index is 1.77. The third-order valence-electron chi connectivity index (χ3n) is 5.21. The van der Waals surface area contributed by atoms with Gasteiger partial charge < -0.3 is 19.9 Å². The average molecular weight is 349 g/mol. The van der Waals surface area contributed by atoms with Gasteiger partial charge in [0.2, 0.25) is 0 Å². The van der Waals surface area contributed by atoms with E-state index in [1.54, 1.807) is 25.7 Å². The van der Waals surface area contributed by atoms with Crippen molar-refractivity contribution in [2.24, 2.45) is 10.8 Å². The van der Waals surface area contributed by atoms with E-state index in [0.29, 0.717) is 26.2 Å². The number of rotatable bonds is 0. The Morgan fingerprint density at radius 3 is 1.83 bits per heavy atom. The van der Waals surface area contributed by atoms with Gasteiger partial charge in [-0.25, -0.2) is 4.79 Å². The van der Waals surface area contributed by atoms with Crippen LogP contribution in [0.3, 0.4) is 0 Å². The molecule has 24 heavy (non-hydrogen) atoms. The van der Waals surface area contributed by atoms with Crippen molar-refractivity contribution in [2.45, 2.75) is 32.5 Å². The van der Waals surface area contributed by atoms with Gasteiger partial charge in [-0.1, -0.05) is 0 Å². The van der Waals surface area contributed by atoms with Crippen molar-refractivity contribution in [1.29, 1.82) is 0 Å². The largest absolute Gasteiger partial charge is 0.471 e. The third kappa shape index (κ3) is 2.62. The Labute approximate surface area is 138 Å². The Morgan fingerprint density at radius 1 is 0.958 bits per heavy atom. The van der Waals surface area contributed by atoms with Crippen molar-refractivity contribution in [2.75, 3.05) is 39.3 Å². The number of amides is 2. The second-order valence-corrected chi connectivity index (χ2v) is 8.16. The first kappa shape index (κ1) is 17.3. The van der Waals surface area contributed by atoms with E-state index in [2.05, 4.69) is 5.32 Å². The number of carbonyl (C=O) groups excluding carboxylic acids is 2. The molecule has 0 radical (unpaired) electrons. The molecule has 0 bridgehead atoms. The molecule has 3 fully saturated rings. The molecular formula is C15H22F3N3O3. The van der Waals surface area contributed by atoms with E-state index in [-0.39, 0.29) is 13.1 Å². The standard InChI is InChI=1S/C15H22F3N3O3/c1-12(2,3)24-11(23)21-8-13-4-19-5-14(13,9-21)7-20(6-13)10(22)15(16,17)18/h19H,4-9H2,1-3H3/t13-,14+. The van der Waals surface area contributed by atoms with Gasteiger partial charge >= 0.3 is 18.2 Å². The zero-order chi connectivity index (χ0) is 18.0. The average Bonchev–Trinajstić information content (AvgIpc) is 2.92. The molecule has 136 valence electrons. The van der Waals surface area contributed by atoms with Crippen molar-refractivity contribution in [3.63, 3.8) is 0 Å². The molecule has 6 nitrogen and oxygen atoms in total. The van der Waals surface area contributed by atoms with Gasteiger partial charge in [0, 0.05) is 50.1 Å². The number of nitrogens with one attached hydrogen (secondary N) is 1. The Bertz CT molecular complexity index is 553. The highest BCUT2D eigenvalue weighted by Crippen LogP contribution is 2.54. The highest BCUT2D eigenvalue weighted by Gasteiger charge is 2.68. The minimum atomic E-state index is -4.86. The van der Waals surface area contributed by atoms with Crippen LogP contribution in [0.25, 0.3) is 0 Å². The maximum Gasteiger partial charge on any atom is 0.471 e. The molecule has 0 saturated carbocycles. The lowest BCUT2D eigenvalue weighted by atomic mass is 9.71. The first-order valence-electron chi connectivity index (χ1n) is 7.92. The van der Waals surface area contributed by atoms with Crippen LogP contribution >= 0.6 is 0 Å². The van der Waals surface area contributed by atoms with Crippen LogP contribution < -0.4 is 5.32 Å². The molecule has 0 aromatic rings. The molecule has 0 aromatic carbocycles. The van der Waals surface area contributed by atoms with Crippen LogP contribution in [-0.2, 0) is 9.53 Å². The lowest BCUT2D eigenvalue weighted by Crippen LogP contribution is -2.47. The van der Waals surface area contributed by atoms with Crippen molar-refractivity contribution in [3.8, 4) is 0 Å². The fourth-order valence-electron chi connectivity index (χ4n) is 4.26. The summed E-state index contributed by atoms with van der Waals surface area (Å²) in [6.45, 7) is 6.92. The summed E-state index contributed by atoms with van der Waals surface area (Å²) < 4.78 is 43.6. The molecule has 3 heterocycles. The predicted octanol–water partition coefficient (Wildman–Crippen LogP) is 1.22. The van der Waals surface area contributed by atoms with Crippen LogP contribution in [0, 0.1) is 10.8 Å². The summed E-state index contributed by atoms with van der Waals surface area (Å²) in [6.07, 6.45) is -5.32. The smallest absolute Gasteiger partial charge is 0.444 e. The zero-order valence-electron chi connectivity index (χ0n) is 14.0. The number of hydrogen-bond donors (Lipinski definition) is 1. The normalized spacial score (nSPS) is 32.8. The molecule has 9 heteroatoms. The lowest BCUT2D eigenvalue weighted by molar-refractivity contribution is -0.185. The van der Waals surface area contributed by atoms with Crippen LogP contribution in [0.4, 0.5) is 18.0 Å². The molecule has 3 aliphatic rings. The van der Waals surface area contributed by atoms with E-state index >= 15 is 0 Å². The fraction of sp³-hybridized carbons (Fsp3) is 0.867. The SMILES string of the molecule is CC(C)(C)OC(=O)N1C[C@]23CNC[C@@]2(C1)CN(C(=O)C(F)(F)F)C3. The molecule has 2 atom stereocenters. The lowest BCUT2D eigenvalue weighted by Gasteiger charge is -2.29. The first-order valence-corrected chi connectivity index (χ1v) is 7.92. The summed E-state index contributed by atoms with van der Waals surface area (Å²) in [6, 6.07) is 0. The first-order chi connectivity index (χ1) is 10.9. The van der Waals surface area contributed by atoms with E-state index in [1.165, 1.54) is 0 Å². The summed E-state index contributed by atoms with van der Waals surface area (Å²) in [4.78, 5) is 26.4. The van der Waals surface area contributed by atoms with Crippen LogP contribution in [0.2, 0.25) is 0 Å². The molecule has 3 rings (SSSR count). The number of likely N-dealkylation sites (tertiary alicyclic amines) is 2. The van der Waals surface area contributed by atoms with E-state index in [0.717, 1.165) is 4.90 Å². The van der Waals surface area contributed by atoms with Gasteiger partial charge in [0.25, 0.3) is 0 Å². The number of nitrogens with zero attached hydrogens (tertiary/aromatic N) is 2. The maximum atomic E-state index is 12.7. The van der Waals surface area contributed by atoms with Crippen LogP contribution in [0.5, 0.6) is 0 Å². The Morgan fingerprint density at radius 2 is 1.42 bits per heavy atom. The van der Waals surface area contributed by atoms with Crippen molar-refractivity contribution in [1.82, 2.24) is 15.1 Å². The van der Waals surface area contributed by atoms with Gasteiger partial charge in [-0.2, -0.15) is 13.2 Å². The van der Waals surface area contributed by atoms with Gasteiger partial charge in [-0.15, -0.1) is 0 Å². The molecular weight excluding hydrogens is 327 g/mol. The summed E-state index contributed by atoms with van der Waals surface area (Å²) in [5.74, 6) is -1.79. The second-order valence-electron chi connectivity index (χ2n) is 8.16. The van der Waals surface area contributed by atoms with E-state index in [9.17, 15) is 22.8 Å². The molecule has 3 aliphatic heterocycles. The topological polar surface area (TPSA) is 61.9 Å². The predicted molar refractivity (Wildman–Crippen MR) is 78.2 cm³/mol. The number of ether oxygens (including phenoxy) is 1. The van der Waals surface area contributed by atoms with E-state index in [1.807, 2.05) is 0 Å². The van der Waals surface area contributed by atoms with Crippen LogP contribution in [0.1, 0.15) is 20.8 Å². The van der Waals surface area contributed by atoms with Crippen molar-refractivity contribution >= 4 is 12.0 Å². The van der Waals surface area contributed by atoms with Crippen molar-refractivity contribution < 1.29 is 27.5 Å². The summed E-state index contributed by atoms with van der Waals surface area (Å²) in [5, 5.41) is 3.22. The monoisotopic (exact) mass is 349 g/mol. The molecule has 1 N–H and O–H groups in total. The fourth-order valence-corrected chi connectivity index (χ4v) is 4.26. The van der Waals surface area contributed by atoms with Gasteiger partial charge in [0.05, 0.1) is 0 Å². The molecule has 0 spiro atoms. The number of alkyl halides is 3. The van der Waals surface area contributed by atoms with E-state index < -0.39 is 34.6 Å². The summed E-state index contributed by atoms with van der Waals surface area (Å²) >= 11 is 0. The quantitative estimate of drug-likeness (QED) is 0.714. The highest BCUT2D eigenvalue weighted by atomic mass is 19.4. The van der Waals surface area contributed by atoms with Gasteiger partial charge in [0.15, 0.2) is 0 Å². The van der Waals surface area contributed by atoms with Gasteiger partial charge in [-0.3, -0.25) is 4.79 Å². The van der Waals surface area contributed by atoms with Crippen molar-refractivity contribution in [3.05, 3.63) is 0 Å². The minimum Gasteiger partial charge on any atom is -0.444 e. The Kier molecular flexibility index (Phi) is 3.61. The molecule has 0 aliphatic carbocycles. The Hall–Kier alpha value is -1.51. The van der Waals surface area contributed by atoms with E-state index in [4.69, 9.17) is 4.74 Å².